The largest absolute Gasteiger partial charge is 0.497 e. The average Bonchev–Trinajstić information content (AvgIpc) is 3.45. The Kier molecular flexibility index (Phi) is 6.80. The van der Waals surface area contributed by atoms with Crippen molar-refractivity contribution < 1.29 is 14.3 Å². The molecule has 3 heterocycles. The summed E-state index contributed by atoms with van der Waals surface area (Å²) >= 11 is 0. The van der Waals surface area contributed by atoms with E-state index in [4.69, 9.17) is 9.47 Å². The summed E-state index contributed by atoms with van der Waals surface area (Å²) in [4.78, 5) is 17.4. The maximum absolute atomic E-state index is 13.0. The van der Waals surface area contributed by atoms with E-state index in [9.17, 15) is 4.79 Å². The minimum absolute atomic E-state index is 0.0657. The number of hydrogen-bond donors (Lipinski definition) is 0. The topological polar surface area (TPSA) is 59.8 Å². The van der Waals surface area contributed by atoms with Gasteiger partial charge in [0.15, 0.2) is 0 Å². The number of piperidine rings is 1. The fourth-order valence-corrected chi connectivity index (χ4v) is 4.56. The van der Waals surface area contributed by atoms with Crippen molar-refractivity contribution in [1.82, 2.24) is 19.6 Å². The Morgan fingerprint density at radius 3 is 2.55 bits per heavy atom. The van der Waals surface area contributed by atoms with Crippen LogP contribution in [-0.4, -0.2) is 64.9 Å². The second-order valence-electron chi connectivity index (χ2n) is 8.53. The Hall–Kier alpha value is -2.54. The lowest BCUT2D eigenvalue weighted by atomic mass is 10.1. The normalized spacial score (nSPS) is 17.8. The maximum atomic E-state index is 13.0. The van der Waals surface area contributed by atoms with Crippen molar-refractivity contribution in [1.29, 1.82) is 0 Å². The van der Waals surface area contributed by atoms with Crippen LogP contribution in [-0.2, 0) is 13.1 Å². The highest BCUT2D eigenvalue weighted by molar-refractivity contribution is 5.97. The summed E-state index contributed by atoms with van der Waals surface area (Å²) < 4.78 is 13.8. The number of nitrogens with zero attached hydrogens (tertiary/aromatic N) is 4. The van der Waals surface area contributed by atoms with Gasteiger partial charge in [-0.05, 0) is 51.7 Å². The molecule has 0 bridgehead atoms. The number of methoxy groups -OCH3 is 1. The van der Waals surface area contributed by atoms with Gasteiger partial charge in [-0.15, -0.1) is 0 Å². The predicted molar refractivity (Wildman–Crippen MR) is 120 cm³/mol. The number of hydrogen-bond acceptors (Lipinski definition) is 5. The lowest BCUT2D eigenvalue weighted by Gasteiger charge is -2.32. The first-order valence-electron chi connectivity index (χ1n) is 11.5. The van der Waals surface area contributed by atoms with Gasteiger partial charge in [0.2, 0.25) is 0 Å². The van der Waals surface area contributed by atoms with Crippen LogP contribution in [0.5, 0.6) is 11.5 Å². The number of carbonyl (C=O) groups is 1. The number of likely N-dealkylation sites (tertiary alicyclic amines) is 2. The van der Waals surface area contributed by atoms with E-state index in [1.807, 2.05) is 34.0 Å². The van der Waals surface area contributed by atoms with Gasteiger partial charge in [-0.1, -0.05) is 0 Å². The molecule has 1 aromatic carbocycles. The molecule has 0 radical (unpaired) electrons. The smallest absolute Gasteiger partial charge is 0.257 e. The van der Waals surface area contributed by atoms with Crippen LogP contribution in [0, 0.1) is 6.92 Å². The standard InChI is InChI=1S/C24H34N4O3/c1-4-28-18(2)19(16-25-28)17-26-13-9-20(10-14-26)31-23-15-21(30-3)7-8-22(23)24(29)27-11-5-6-12-27/h7-8,15-16,20H,4-6,9-14,17H2,1-3H3. The molecule has 2 aliphatic rings. The fourth-order valence-electron chi connectivity index (χ4n) is 4.56. The minimum Gasteiger partial charge on any atom is -0.497 e. The zero-order chi connectivity index (χ0) is 21.8. The highest BCUT2D eigenvalue weighted by Gasteiger charge is 2.26. The highest BCUT2D eigenvalue weighted by atomic mass is 16.5. The molecule has 2 fully saturated rings. The lowest BCUT2D eigenvalue weighted by molar-refractivity contribution is 0.0764. The monoisotopic (exact) mass is 426 g/mol. The number of aromatic nitrogens is 2. The predicted octanol–water partition coefficient (Wildman–Crippen LogP) is 3.50. The first kappa shape index (κ1) is 21.7. The lowest BCUT2D eigenvalue weighted by Crippen LogP contribution is -2.38. The van der Waals surface area contributed by atoms with Gasteiger partial charge in [0.25, 0.3) is 5.91 Å². The number of benzene rings is 1. The molecule has 0 spiro atoms. The zero-order valence-corrected chi connectivity index (χ0v) is 19.0. The van der Waals surface area contributed by atoms with Gasteiger partial charge in [0.05, 0.1) is 18.9 Å². The molecule has 31 heavy (non-hydrogen) atoms. The van der Waals surface area contributed by atoms with Crippen molar-refractivity contribution >= 4 is 5.91 Å². The van der Waals surface area contributed by atoms with Crippen molar-refractivity contribution in [2.24, 2.45) is 0 Å². The number of carbonyl (C=O) groups excluding carboxylic acids is 1. The molecule has 0 atom stereocenters. The van der Waals surface area contributed by atoms with Crippen LogP contribution in [0.25, 0.3) is 0 Å². The van der Waals surface area contributed by atoms with Gasteiger partial charge in [-0.2, -0.15) is 5.10 Å². The molecule has 0 N–H and O–H groups in total. The van der Waals surface area contributed by atoms with E-state index in [1.165, 1.54) is 11.3 Å². The van der Waals surface area contributed by atoms with Crippen LogP contribution >= 0.6 is 0 Å². The third kappa shape index (κ3) is 4.87. The number of aryl methyl sites for hydroxylation is 1. The summed E-state index contributed by atoms with van der Waals surface area (Å²) in [5.74, 6) is 1.43. The van der Waals surface area contributed by atoms with Crippen LogP contribution in [0.3, 0.4) is 0 Å². The van der Waals surface area contributed by atoms with E-state index in [0.717, 1.165) is 65.0 Å². The molecule has 7 heteroatoms. The van der Waals surface area contributed by atoms with Gasteiger partial charge in [-0.25, -0.2) is 0 Å². The Morgan fingerprint density at radius 2 is 1.90 bits per heavy atom. The van der Waals surface area contributed by atoms with E-state index in [0.29, 0.717) is 17.1 Å². The highest BCUT2D eigenvalue weighted by Crippen LogP contribution is 2.30. The third-order valence-corrected chi connectivity index (χ3v) is 6.54. The van der Waals surface area contributed by atoms with Crippen molar-refractivity contribution in [2.45, 2.75) is 58.7 Å². The first-order valence-corrected chi connectivity index (χ1v) is 11.5. The SMILES string of the molecule is CCn1ncc(CN2CCC(Oc3cc(OC)ccc3C(=O)N3CCCC3)CC2)c1C. The molecule has 4 rings (SSSR count). The van der Waals surface area contributed by atoms with Crippen molar-refractivity contribution in [2.75, 3.05) is 33.3 Å². The Morgan fingerprint density at radius 1 is 1.16 bits per heavy atom. The summed E-state index contributed by atoms with van der Waals surface area (Å²) in [5, 5.41) is 4.46. The molecule has 168 valence electrons. The summed E-state index contributed by atoms with van der Waals surface area (Å²) in [6, 6.07) is 5.55. The maximum Gasteiger partial charge on any atom is 0.257 e. The molecule has 2 aromatic rings. The Balaban J connectivity index is 1.39. The molecule has 1 aromatic heterocycles. The van der Waals surface area contributed by atoms with Gasteiger partial charge in [0, 0.05) is 56.6 Å². The van der Waals surface area contributed by atoms with Crippen molar-refractivity contribution in [3.8, 4) is 11.5 Å². The third-order valence-electron chi connectivity index (χ3n) is 6.54. The van der Waals surface area contributed by atoms with Crippen LogP contribution in [0.4, 0.5) is 0 Å². The second-order valence-corrected chi connectivity index (χ2v) is 8.53. The van der Waals surface area contributed by atoms with E-state index < -0.39 is 0 Å². The summed E-state index contributed by atoms with van der Waals surface area (Å²) in [6.45, 7) is 9.70. The van der Waals surface area contributed by atoms with E-state index in [-0.39, 0.29) is 12.0 Å². The van der Waals surface area contributed by atoms with Crippen LogP contribution in [0.2, 0.25) is 0 Å². The summed E-state index contributed by atoms with van der Waals surface area (Å²) in [7, 11) is 1.64. The quantitative estimate of drug-likeness (QED) is 0.678. The van der Waals surface area contributed by atoms with Crippen LogP contribution < -0.4 is 9.47 Å². The molecule has 1 amide bonds. The molecule has 2 saturated heterocycles. The average molecular weight is 427 g/mol. The van der Waals surface area contributed by atoms with Gasteiger partial charge >= 0.3 is 0 Å². The molecule has 0 saturated carbocycles. The van der Waals surface area contributed by atoms with E-state index >= 15 is 0 Å². The second kappa shape index (κ2) is 9.73. The van der Waals surface area contributed by atoms with Crippen molar-refractivity contribution in [3.05, 3.63) is 41.2 Å². The molecule has 7 nitrogen and oxygen atoms in total. The summed E-state index contributed by atoms with van der Waals surface area (Å²) in [6.07, 6.45) is 6.13. The Labute approximate surface area is 184 Å². The molecule has 0 aliphatic carbocycles. The van der Waals surface area contributed by atoms with Gasteiger partial charge in [0.1, 0.15) is 17.6 Å². The van der Waals surface area contributed by atoms with Crippen LogP contribution in [0.1, 0.15) is 54.2 Å². The number of amides is 1. The molecule has 2 aliphatic heterocycles. The molecular formula is C24H34N4O3. The van der Waals surface area contributed by atoms with Gasteiger partial charge in [-0.3, -0.25) is 14.4 Å². The first-order chi connectivity index (χ1) is 15.1. The number of ether oxygens (including phenoxy) is 2. The fraction of sp³-hybridized carbons (Fsp3) is 0.583. The van der Waals surface area contributed by atoms with Gasteiger partial charge < -0.3 is 14.4 Å². The minimum atomic E-state index is 0.0657. The number of rotatable bonds is 7. The Bertz CT molecular complexity index is 896. The molecular weight excluding hydrogens is 392 g/mol. The van der Waals surface area contributed by atoms with E-state index in [2.05, 4.69) is 23.8 Å². The van der Waals surface area contributed by atoms with Crippen molar-refractivity contribution in [3.63, 3.8) is 0 Å². The zero-order valence-electron chi connectivity index (χ0n) is 19.0. The van der Waals surface area contributed by atoms with E-state index in [1.54, 1.807) is 7.11 Å². The van der Waals surface area contributed by atoms with Crippen LogP contribution in [0.15, 0.2) is 24.4 Å². The summed E-state index contributed by atoms with van der Waals surface area (Å²) in [5.41, 5.74) is 3.20. The molecule has 0 unspecified atom stereocenters.